The van der Waals surface area contributed by atoms with Gasteiger partial charge in [0, 0.05) is 0 Å². The maximum atomic E-state index is 11.7. The number of benzene rings is 1. The summed E-state index contributed by atoms with van der Waals surface area (Å²) in [7, 11) is 0. The monoisotopic (exact) mass is 289 g/mol. The Balaban J connectivity index is 2.11. The van der Waals surface area contributed by atoms with E-state index in [1.54, 1.807) is 38.1 Å². The smallest absolute Gasteiger partial charge is 0.355 e. The summed E-state index contributed by atoms with van der Waals surface area (Å²) in [4.78, 5) is 22.7. The molecule has 2 rings (SSSR count). The van der Waals surface area contributed by atoms with E-state index in [0.717, 1.165) is 5.56 Å². The third-order valence-corrected chi connectivity index (χ3v) is 2.70. The van der Waals surface area contributed by atoms with Crippen LogP contribution < -0.4 is 0 Å². The van der Waals surface area contributed by atoms with Gasteiger partial charge in [-0.25, -0.2) is 14.3 Å². The second-order valence-corrected chi connectivity index (χ2v) is 4.73. The lowest BCUT2D eigenvalue weighted by atomic mass is 10.1. The summed E-state index contributed by atoms with van der Waals surface area (Å²) in [5.41, 5.74) is 1.27. The largest absolute Gasteiger partial charge is 0.476 e. The summed E-state index contributed by atoms with van der Waals surface area (Å²) in [5.74, 6) is -1.47. The molecule has 110 valence electrons. The van der Waals surface area contributed by atoms with Crippen molar-refractivity contribution in [3.8, 4) is 0 Å². The van der Waals surface area contributed by atoms with Crippen LogP contribution in [0.3, 0.4) is 0 Å². The quantitative estimate of drug-likeness (QED) is 0.840. The highest BCUT2D eigenvalue weighted by Gasteiger charge is 2.12. The second kappa shape index (κ2) is 6.17. The Morgan fingerprint density at radius 1 is 1.29 bits per heavy atom. The standard InChI is InChI=1S/C14H15N3O4/c1-9(2)21-14(20)11-5-3-10(4-6-11)8-17-12(13(18)19)7-15-16-17/h3-7,9H,8H2,1-2H3,(H,18,19). The van der Waals surface area contributed by atoms with Gasteiger partial charge < -0.3 is 9.84 Å². The van der Waals surface area contributed by atoms with Crippen LogP contribution >= 0.6 is 0 Å². The summed E-state index contributed by atoms with van der Waals surface area (Å²) in [6, 6.07) is 6.73. The Bertz CT molecular complexity index is 646. The Hall–Kier alpha value is -2.70. The number of carboxylic acid groups (broad SMARTS) is 1. The predicted octanol–water partition coefficient (Wildman–Crippen LogP) is 1.59. The van der Waals surface area contributed by atoms with Crippen molar-refractivity contribution in [3.63, 3.8) is 0 Å². The van der Waals surface area contributed by atoms with Crippen LogP contribution in [0.2, 0.25) is 0 Å². The average molecular weight is 289 g/mol. The molecule has 0 amide bonds. The van der Waals surface area contributed by atoms with Gasteiger partial charge in [0.25, 0.3) is 0 Å². The van der Waals surface area contributed by atoms with Gasteiger partial charge in [-0.05, 0) is 31.5 Å². The van der Waals surface area contributed by atoms with E-state index in [1.807, 2.05) is 0 Å². The highest BCUT2D eigenvalue weighted by molar-refractivity contribution is 5.89. The second-order valence-electron chi connectivity index (χ2n) is 4.73. The van der Waals surface area contributed by atoms with E-state index in [1.165, 1.54) is 10.9 Å². The predicted molar refractivity (Wildman–Crippen MR) is 73.1 cm³/mol. The Morgan fingerprint density at radius 3 is 2.52 bits per heavy atom. The van der Waals surface area contributed by atoms with Crippen molar-refractivity contribution in [2.24, 2.45) is 0 Å². The SMILES string of the molecule is CC(C)OC(=O)c1ccc(Cn2nncc2C(=O)O)cc1. The van der Waals surface area contributed by atoms with Crippen molar-refractivity contribution in [3.05, 3.63) is 47.3 Å². The van der Waals surface area contributed by atoms with Crippen LogP contribution in [0.1, 0.15) is 40.3 Å². The molecule has 7 nitrogen and oxygen atoms in total. The number of carbonyl (C=O) groups excluding carboxylic acids is 1. The van der Waals surface area contributed by atoms with Gasteiger partial charge in [-0.1, -0.05) is 17.3 Å². The van der Waals surface area contributed by atoms with E-state index in [4.69, 9.17) is 9.84 Å². The molecular weight excluding hydrogens is 274 g/mol. The van der Waals surface area contributed by atoms with E-state index in [0.29, 0.717) is 5.56 Å². The topological polar surface area (TPSA) is 94.3 Å². The molecule has 1 heterocycles. The molecule has 0 aliphatic heterocycles. The first kappa shape index (κ1) is 14.7. The number of rotatable bonds is 5. The molecule has 0 saturated heterocycles. The average Bonchev–Trinajstić information content (AvgIpc) is 2.87. The van der Waals surface area contributed by atoms with Gasteiger partial charge in [0.2, 0.25) is 0 Å². The van der Waals surface area contributed by atoms with Crippen molar-refractivity contribution >= 4 is 11.9 Å². The highest BCUT2D eigenvalue weighted by atomic mass is 16.5. The molecule has 1 aromatic carbocycles. The molecule has 7 heteroatoms. The number of hydrogen-bond donors (Lipinski definition) is 1. The van der Waals surface area contributed by atoms with Crippen LogP contribution in [0.25, 0.3) is 0 Å². The molecule has 0 fully saturated rings. The molecule has 0 bridgehead atoms. The fourth-order valence-corrected chi connectivity index (χ4v) is 1.74. The van der Waals surface area contributed by atoms with E-state index in [-0.39, 0.29) is 24.3 Å². The van der Waals surface area contributed by atoms with Crippen LogP contribution in [0.15, 0.2) is 30.5 Å². The first-order chi connectivity index (χ1) is 9.97. The van der Waals surface area contributed by atoms with Crippen LogP contribution in [0.4, 0.5) is 0 Å². The molecule has 2 aromatic rings. The summed E-state index contributed by atoms with van der Waals surface area (Å²) >= 11 is 0. The minimum absolute atomic E-state index is 0.0123. The lowest BCUT2D eigenvalue weighted by Gasteiger charge is -2.08. The van der Waals surface area contributed by atoms with Gasteiger partial charge in [-0.2, -0.15) is 0 Å². The summed E-state index contributed by atoms with van der Waals surface area (Å²) in [5, 5.41) is 16.3. The van der Waals surface area contributed by atoms with E-state index < -0.39 is 5.97 Å². The van der Waals surface area contributed by atoms with Crippen LogP contribution in [-0.2, 0) is 11.3 Å². The third kappa shape index (κ3) is 3.65. The molecule has 1 aromatic heterocycles. The van der Waals surface area contributed by atoms with Gasteiger partial charge >= 0.3 is 11.9 Å². The fraction of sp³-hybridized carbons (Fsp3) is 0.286. The molecule has 0 atom stereocenters. The number of nitrogens with zero attached hydrogens (tertiary/aromatic N) is 3. The maximum absolute atomic E-state index is 11.7. The first-order valence-corrected chi connectivity index (χ1v) is 6.39. The van der Waals surface area contributed by atoms with Gasteiger partial charge in [0.1, 0.15) is 0 Å². The lowest BCUT2D eigenvalue weighted by Crippen LogP contribution is -2.12. The third-order valence-electron chi connectivity index (χ3n) is 2.70. The maximum Gasteiger partial charge on any atom is 0.355 e. The zero-order valence-electron chi connectivity index (χ0n) is 11.7. The van der Waals surface area contributed by atoms with Gasteiger partial charge in [-0.3, -0.25) is 0 Å². The summed E-state index contributed by atoms with van der Waals surface area (Å²) < 4.78 is 6.37. The molecule has 21 heavy (non-hydrogen) atoms. The fourth-order valence-electron chi connectivity index (χ4n) is 1.74. The van der Waals surface area contributed by atoms with Crippen molar-refractivity contribution in [2.75, 3.05) is 0 Å². The number of aromatic carboxylic acids is 1. The molecule has 0 aliphatic rings. The van der Waals surface area contributed by atoms with Gasteiger partial charge in [0.05, 0.1) is 24.4 Å². The Labute approximate surface area is 121 Å². The number of carboxylic acids is 1. The lowest BCUT2D eigenvalue weighted by molar-refractivity contribution is 0.0377. The number of aromatic nitrogens is 3. The Morgan fingerprint density at radius 2 is 1.95 bits per heavy atom. The summed E-state index contributed by atoms with van der Waals surface area (Å²) in [6.07, 6.45) is 1.02. The zero-order valence-corrected chi connectivity index (χ0v) is 11.7. The zero-order chi connectivity index (χ0) is 15.4. The van der Waals surface area contributed by atoms with E-state index in [2.05, 4.69) is 10.3 Å². The first-order valence-electron chi connectivity index (χ1n) is 6.39. The molecule has 0 aliphatic carbocycles. The van der Waals surface area contributed by atoms with Crippen molar-refractivity contribution < 1.29 is 19.4 Å². The van der Waals surface area contributed by atoms with E-state index in [9.17, 15) is 9.59 Å². The molecule has 0 spiro atoms. The van der Waals surface area contributed by atoms with Crippen molar-refractivity contribution in [1.82, 2.24) is 15.0 Å². The number of esters is 1. The minimum atomic E-state index is -1.09. The highest BCUT2D eigenvalue weighted by Crippen LogP contribution is 2.09. The van der Waals surface area contributed by atoms with Crippen LogP contribution in [0, 0.1) is 0 Å². The number of carbonyl (C=O) groups is 2. The van der Waals surface area contributed by atoms with Crippen molar-refractivity contribution in [2.45, 2.75) is 26.5 Å². The van der Waals surface area contributed by atoms with Crippen LogP contribution in [-0.4, -0.2) is 38.1 Å². The molecule has 0 unspecified atom stereocenters. The van der Waals surface area contributed by atoms with Crippen molar-refractivity contribution in [1.29, 1.82) is 0 Å². The van der Waals surface area contributed by atoms with Gasteiger partial charge in [0.15, 0.2) is 5.69 Å². The Kier molecular flexibility index (Phi) is 4.32. The van der Waals surface area contributed by atoms with E-state index >= 15 is 0 Å². The molecule has 1 N–H and O–H groups in total. The number of hydrogen-bond acceptors (Lipinski definition) is 5. The van der Waals surface area contributed by atoms with Crippen LogP contribution in [0.5, 0.6) is 0 Å². The number of ether oxygens (including phenoxy) is 1. The normalized spacial score (nSPS) is 10.6. The molecular formula is C14H15N3O4. The molecule has 0 saturated carbocycles. The summed E-state index contributed by atoms with van der Waals surface area (Å²) in [6.45, 7) is 3.83. The van der Waals surface area contributed by atoms with Gasteiger partial charge in [-0.15, -0.1) is 5.10 Å². The minimum Gasteiger partial charge on any atom is -0.476 e. The molecule has 0 radical (unpaired) electrons.